The summed E-state index contributed by atoms with van der Waals surface area (Å²) in [6, 6.07) is 5.62. The SMILES string of the molecule is CCOCC(=O)Cc1cc(Br)ccc1OC. The standard InChI is InChI=1S/C12H15BrO3/c1-3-16-8-11(14)7-9-6-10(13)4-5-12(9)15-2/h4-6H,3,7-8H2,1-2H3. The molecule has 88 valence electrons. The van der Waals surface area contributed by atoms with Crippen molar-refractivity contribution in [3.8, 4) is 5.75 Å². The first-order valence-electron chi connectivity index (χ1n) is 5.09. The maximum Gasteiger partial charge on any atom is 0.162 e. The molecule has 0 saturated carbocycles. The Morgan fingerprint density at radius 2 is 2.19 bits per heavy atom. The van der Waals surface area contributed by atoms with Crippen LogP contribution in [0.1, 0.15) is 12.5 Å². The lowest BCUT2D eigenvalue weighted by Gasteiger charge is -2.08. The van der Waals surface area contributed by atoms with E-state index < -0.39 is 0 Å². The number of methoxy groups -OCH3 is 1. The highest BCUT2D eigenvalue weighted by atomic mass is 79.9. The smallest absolute Gasteiger partial charge is 0.162 e. The number of carbonyl (C=O) groups is 1. The molecule has 0 heterocycles. The van der Waals surface area contributed by atoms with Gasteiger partial charge < -0.3 is 9.47 Å². The molecular weight excluding hydrogens is 272 g/mol. The Balaban J connectivity index is 2.71. The van der Waals surface area contributed by atoms with Crippen molar-refractivity contribution in [2.75, 3.05) is 20.3 Å². The van der Waals surface area contributed by atoms with Crippen LogP contribution in [0.25, 0.3) is 0 Å². The molecule has 3 nitrogen and oxygen atoms in total. The molecule has 0 atom stereocenters. The first kappa shape index (κ1) is 13.2. The predicted octanol–water partition coefficient (Wildman–Crippen LogP) is 2.61. The molecule has 1 rings (SSSR count). The van der Waals surface area contributed by atoms with Gasteiger partial charge in [0.2, 0.25) is 0 Å². The van der Waals surface area contributed by atoms with Crippen molar-refractivity contribution in [2.24, 2.45) is 0 Å². The third-order valence-corrected chi connectivity index (χ3v) is 2.59. The highest BCUT2D eigenvalue weighted by Gasteiger charge is 2.09. The lowest BCUT2D eigenvalue weighted by atomic mass is 10.1. The molecule has 0 aromatic heterocycles. The molecule has 0 aliphatic rings. The van der Waals surface area contributed by atoms with Crippen LogP contribution in [0, 0.1) is 0 Å². The van der Waals surface area contributed by atoms with Crippen molar-refractivity contribution in [2.45, 2.75) is 13.3 Å². The van der Waals surface area contributed by atoms with Crippen molar-refractivity contribution in [1.29, 1.82) is 0 Å². The highest BCUT2D eigenvalue weighted by Crippen LogP contribution is 2.23. The molecule has 0 fully saturated rings. The van der Waals surface area contributed by atoms with Crippen LogP contribution in [0.5, 0.6) is 5.75 Å². The Morgan fingerprint density at radius 3 is 2.81 bits per heavy atom. The number of benzene rings is 1. The molecule has 0 N–H and O–H groups in total. The number of rotatable bonds is 6. The van der Waals surface area contributed by atoms with E-state index in [1.165, 1.54) is 0 Å². The normalized spacial score (nSPS) is 10.2. The number of ketones is 1. The van der Waals surface area contributed by atoms with Crippen LogP contribution in [0.15, 0.2) is 22.7 Å². The fraction of sp³-hybridized carbons (Fsp3) is 0.417. The molecule has 0 aliphatic heterocycles. The van der Waals surface area contributed by atoms with Gasteiger partial charge in [-0.05, 0) is 25.1 Å². The van der Waals surface area contributed by atoms with Gasteiger partial charge >= 0.3 is 0 Å². The van der Waals surface area contributed by atoms with E-state index in [4.69, 9.17) is 9.47 Å². The average molecular weight is 287 g/mol. The van der Waals surface area contributed by atoms with Crippen molar-refractivity contribution in [1.82, 2.24) is 0 Å². The predicted molar refractivity (Wildman–Crippen MR) is 65.9 cm³/mol. The Labute approximate surface area is 104 Å². The fourth-order valence-electron chi connectivity index (χ4n) is 1.36. The zero-order valence-corrected chi connectivity index (χ0v) is 11.0. The second kappa shape index (κ2) is 6.66. The Kier molecular flexibility index (Phi) is 5.49. The van der Waals surface area contributed by atoms with E-state index in [2.05, 4.69) is 15.9 Å². The van der Waals surface area contributed by atoms with Crippen molar-refractivity contribution in [3.05, 3.63) is 28.2 Å². The first-order valence-corrected chi connectivity index (χ1v) is 5.88. The number of hydrogen-bond donors (Lipinski definition) is 0. The summed E-state index contributed by atoms with van der Waals surface area (Å²) in [6.45, 7) is 2.58. The topological polar surface area (TPSA) is 35.5 Å². The fourth-order valence-corrected chi connectivity index (χ4v) is 1.77. The van der Waals surface area contributed by atoms with Crippen molar-refractivity contribution in [3.63, 3.8) is 0 Å². The summed E-state index contributed by atoms with van der Waals surface area (Å²) in [7, 11) is 1.60. The second-order valence-corrected chi connectivity index (χ2v) is 4.22. The minimum atomic E-state index is 0.0539. The van der Waals surface area contributed by atoms with Gasteiger partial charge in [0.1, 0.15) is 12.4 Å². The van der Waals surface area contributed by atoms with Gasteiger partial charge in [-0.1, -0.05) is 15.9 Å². The summed E-state index contributed by atoms with van der Waals surface area (Å²) in [5.41, 5.74) is 0.876. The largest absolute Gasteiger partial charge is 0.496 e. The second-order valence-electron chi connectivity index (χ2n) is 3.31. The lowest BCUT2D eigenvalue weighted by molar-refractivity contribution is -0.122. The molecule has 0 bridgehead atoms. The zero-order valence-electron chi connectivity index (χ0n) is 9.46. The Bertz CT molecular complexity index is 363. The van der Waals surface area contributed by atoms with Crippen LogP contribution in [-0.2, 0) is 16.0 Å². The van der Waals surface area contributed by atoms with Gasteiger partial charge in [0, 0.05) is 23.1 Å². The van der Waals surface area contributed by atoms with Crippen LogP contribution < -0.4 is 4.74 Å². The maximum absolute atomic E-state index is 11.6. The summed E-state index contributed by atoms with van der Waals surface area (Å²) >= 11 is 3.37. The average Bonchev–Trinajstić information content (AvgIpc) is 2.27. The van der Waals surface area contributed by atoms with Gasteiger partial charge in [0.15, 0.2) is 5.78 Å². The zero-order chi connectivity index (χ0) is 12.0. The van der Waals surface area contributed by atoms with Gasteiger partial charge in [-0.15, -0.1) is 0 Å². The van der Waals surface area contributed by atoms with E-state index in [9.17, 15) is 4.79 Å². The first-order chi connectivity index (χ1) is 7.67. The van der Waals surface area contributed by atoms with Crippen molar-refractivity contribution >= 4 is 21.7 Å². The number of Topliss-reactive ketones (excluding diaryl/α,β-unsaturated/α-hetero) is 1. The van der Waals surface area contributed by atoms with Gasteiger partial charge in [-0.3, -0.25) is 4.79 Å². The molecule has 0 saturated heterocycles. The van der Waals surface area contributed by atoms with Gasteiger partial charge in [0.05, 0.1) is 7.11 Å². The van der Waals surface area contributed by atoms with Crippen LogP contribution in [-0.4, -0.2) is 26.1 Å². The molecule has 0 aliphatic carbocycles. The van der Waals surface area contributed by atoms with E-state index in [1.807, 2.05) is 25.1 Å². The third-order valence-electron chi connectivity index (χ3n) is 2.10. The van der Waals surface area contributed by atoms with Crippen LogP contribution in [0.4, 0.5) is 0 Å². The summed E-state index contributed by atoms with van der Waals surface area (Å²) in [5.74, 6) is 0.784. The van der Waals surface area contributed by atoms with Gasteiger partial charge in [0.25, 0.3) is 0 Å². The molecule has 0 unspecified atom stereocenters. The van der Waals surface area contributed by atoms with Crippen LogP contribution in [0.3, 0.4) is 0 Å². The molecule has 0 spiro atoms. The van der Waals surface area contributed by atoms with E-state index in [0.29, 0.717) is 13.0 Å². The Morgan fingerprint density at radius 1 is 1.44 bits per heavy atom. The van der Waals surface area contributed by atoms with E-state index in [-0.39, 0.29) is 12.4 Å². The van der Waals surface area contributed by atoms with E-state index >= 15 is 0 Å². The van der Waals surface area contributed by atoms with Gasteiger partial charge in [-0.2, -0.15) is 0 Å². The number of ether oxygens (including phenoxy) is 2. The monoisotopic (exact) mass is 286 g/mol. The molecule has 0 radical (unpaired) electrons. The molecule has 16 heavy (non-hydrogen) atoms. The molecule has 1 aromatic carbocycles. The van der Waals surface area contributed by atoms with Crippen LogP contribution in [0.2, 0.25) is 0 Å². The van der Waals surface area contributed by atoms with Gasteiger partial charge in [-0.25, -0.2) is 0 Å². The van der Waals surface area contributed by atoms with E-state index in [1.54, 1.807) is 7.11 Å². The molecule has 0 amide bonds. The number of carbonyl (C=O) groups excluding carboxylic acids is 1. The van der Waals surface area contributed by atoms with Crippen LogP contribution >= 0.6 is 15.9 Å². The molecule has 1 aromatic rings. The summed E-state index contributed by atoms with van der Waals surface area (Å²) in [5, 5.41) is 0. The highest BCUT2D eigenvalue weighted by molar-refractivity contribution is 9.10. The summed E-state index contributed by atoms with van der Waals surface area (Å²) in [4.78, 5) is 11.6. The van der Waals surface area contributed by atoms with E-state index in [0.717, 1.165) is 15.8 Å². The quantitative estimate of drug-likeness (QED) is 0.806. The molecule has 4 heteroatoms. The summed E-state index contributed by atoms with van der Waals surface area (Å²) < 4.78 is 11.2. The minimum absolute atomic E-state index is 0.0539. The number of hydrogen-bond acceptors (Lipinski definition) is 3. The lowest BCUT2D eigenvalue weighted by Crippen LogP contribution is -2.12. The molecular formula is C12H15BrO3. The third kappa shape index (κ3) is 3.94. The summed E-state index contributed by atoms with van der Waals surface area (Å²) in [6.07, 6.45) is 0.336. The maximum atomic E-state index is 11.6. The number of halogens is 1. The Hall–Kier alpha value is -0.870. The van der Waals surface area contributed by atoms with Crippen molar-refractivity contribution < 1.29 is 14.3 Å². The minimum Gasteiger partial charge on any atom is -0.496 e.